The molecule has 0 bridgehead atoms. The van der Waals surface area contributed by atoms with Crippen LogP contribution in [0.25, 0.3) is 0 Å². The first-order valence-corrected chi connectivity index (χ1v) is 16.0. The van der Waals surface area contributed by atoms with Gasteiger partial charge in [0.05, 0.1) is 16.4 Å². The Kier molecular flexibility index (Phi) is 10.2. The largest absolute Gasteiger partial charge is 0.573 e. The molecule has 1 N–H and O–H groups in total. The Morgan fingerprint density at radius 2 is 1.39 bits per heavy atom. The molecule has 16 heteroatoms. The van der Waals surface area contributed by atoms with E-state index in [9.17, 15) is 34.8 Å². The van der Waals surface area contributed by atoms with E-state index in [1.54, 1.807) is 6.07 Å². The molecule has 0 atom stereocenters. The number of nitrogens with one attached hydrogen (secondary N) is 1. The molecule has 0 saturated carbocycles. The topological polar surface area (TPSA) is 138 Å². The number of sulfone groups is 1. The molecule has 1 amide bonds. The van der Waals surface area contributed by atoms with Crippen LogP contribution in [0.1, 0.15) is 12.8 Å². The lowest BCUT2D eigenvalue weighted by atomic mass is 9.95. The summed E-state index contributed by atoms with van der Waals surface area (Å²) in [7, 11) is -7.34. The van der Waals surface area contributed by atoms with Gasteiger partial charge in [0.25, 0.3) is 5.91 Å². The van der Waals surface area contributed by atoms with Gasteiger partial charge in [-0.2, -0.15) is 8.42 Å². The third-order valence-corrected chi connectivity index (χ3v) is 10.6. The number of halogens is 3. The van der Waals surface area contributed by atoms with Gasteiger partial charge in [0.15, 0.2) is 14.6 Å². The number of amides is 1. The molecular formula is C28H29F3N2O9S2. The number of hydrogen-bond acceptors (Lipinski definition) is 10. The molecule has 0 spiro atoms. The number of hydroxylamine groups is 1. The van der Waals surface area contributed by atoms with Crippen molar-refractivity contribution in [3.8, 4) is 17.2 Å². The Morgan fingerprint density at radius 3 is 1.93 bits per heavy atom. The van der Waals surface area contributed by atoms with Crippen LogP contribution in [0.15, 0.2) is 88.7 Å². The molecule has 0 aromatic heterocycles. The zero-order valence-corrected chi connectivity index (χ0v) is 25.0. The summed E-state index contributed by atoms with van der Waals surface area (Å²) in [5, 5.41) is 0. The van der Waals surface area contributed by atoms with Crippen molar-refractivity contribution < 1.29 is 53.3 Å². The Hall–Kier alpha value is -3.70. The minimum atomic E-state index is -4.85. The summed E-state index contributed by atoms with van der Waals surface area (Å²) in [6, 6.07) is 16.7. The first-order valence-electron chi connectivity index (χ1n) is 13.1. The molecular weight excluding hydrogens is 629 g/mol. The van der Waals surface area contributed by atoms with E-state index in [1.807, 2.05) is 10.4 Å². The molecule has 1 aliphatic rings. The van der Waals surface area contributed by atoms with Gasteiger partial charge in [-0.25, -0.2) is 13.9 Å². The fourth-order valence-corrected chi connectivity index (χ4v) is 7.28. The molecule has 1 heterocycles. The summed E-state index contributed by atoms with van der Waals surface area (Å²) in [6.45, 7) is 1.31. The van der Waals surface area contributed by atoms with Crippen LogP contribution in [0.2, 0.25) is 0 Å². The van der Waals surface area contributed by atoms with E-state index < -0.39 is 42.7 Å². The maximum absolute atomic E-state index is 14.0. The first-order chi connectivity index (χ1) is 20.8. The van der Waals surface area contributed by atoms with Gasteiger partial charge in [-0.1, -0.05) is 18.2 Å². The Balaban J connectivity index is 1.54. The van der Waals surface area contributed by atoms with E-state index in [2.05, 4.69) is 4.74 Å². The number of carbonyl (C=O) groups is 1. The van der Waals surface area contributed by atoms with Crippen LogP contribution in [0.3, 0.4) is 0 Å². The molecule has 0 radical (unpaired) electrons. The molecule has 1 fully saturated rings. The number of piperidine rings is 1. The quantitative estimate of drug-likeness (QED) is 0.284. The van der Waals surface area contributed by atoms with Crippen LogP contribution < -0.4 is 15.0 Å². The average molecular weight is 659 g/mol. The minimum absolute atomic E-state index is 0.159. The van der Waals surface area contributed by atoms with E-state index in [1.165, 1.54) is 67.8 Å². The van der Waals surface area contributed by atoms with Gasteiger partial charge >= 0.3 is 16.5 Å². The molecule has 0 aliphatic carbocycles. The second kappa shape index (κ2) is 13.5. The Labute approximate surface area is 252 Å². The molecule has 11 nitrogen and oxygen atoms in total. The lowest BCUT2D eigenvalue weighted by Crippen LogP contribution is -2.58. The molecule has 238 valence electrons. The number of benzene rings is 3. The SMILES string of the molecule is COCCN1CCC(C(=O)NOS(=O)(=O)c2ccccc2)(S(=O)(=O)c2ccc(Oc3ccc(OC(F)(F)F)cc3)cc2)CC1. The van der Waals surface area contributed by atoms with Gasteiger partial charge in [-0.05, 0) is 73.5 Å². The van der Waals surface area contributed by atoms with Gasteiger partial charge in [0, 0.05) is 26.7 Å². The predicted molar refractivity (Wildman–Crippen MR) is 150 cm³/mol. The van der Waals surface area contributed by atoms with Crippen molar-refractivity contribution in [1.82, 2.24) is 10.4 Å². The standard InChI is InChI=1S/C28H29F3N2O9S2/c1-39-20-19-33-17-15-27(16-18-33,26(34)32-42-44(37,38)25-5-3-2-4-6-25)43(35,36)24-13-11-22(12-14-24)40-21-7-9-23(10-8-21)41-28(29,30)31/h2-14H,15-20H2,1H3,(H,32,34). The molecule has 0 unspecified atom stereocenters. The zero-order chi connectivity index (χ0) is 32.0. The minimum Gasteiger partial charge on any atom is -0.457 e. The van der Waals surface area contributed by atoms with Crippen LogP contribution in [-0.4, -0.2) is 72.1 Å². The lowest BCUT2D eigenvalue weighted by Gasteiger charge is -2.39. The summed E-state index contributed by atoms with van der Waals surface area (Å²) >= 11 is 0. The smallest absolute Gasteiger partial charge is 0.457 e. The number of hydrogen-bond donors (Lipinski definition) is 1. The van der Waals surface area contributed by atoms with Gasteiger partial charge < -0.3 is 19.1 Å². The summed E-state index contributed by atoms with van der Waals surface area (Å²) < 4.78 is 108. The van der Waals surface area contributed by atoms with Crippen LogP contribution in [0, 0.1) is 0 Å². The van der Waals surface area contributed by atoms with Crippen molar-refractivity contribution in [1.29, 1.82) is 0 Å². The van der Waals surface area contributed by atoms with E-state index in [4.69, 9.17) is 13.8 Å². The van der Waals surface area contributed by atoms with Crippen molar-refractivity contribution in [2.24, 2.45) is 0 Å². The molecule has 1 aliphatic heterocycles. The fourth-order valence-electron chi connectivity index (χ4n) is 4.55. The summed E-state index contributed by atoms with van der Waals surface area (Å²) in [6.07, 6.45) is -5.17. The Morgan fingerprint density at radius 1 is 0.841 bits per heavy atom. The zero-order valence-electron chi connectivity index (χ0n) is 23.3. The highest BCUT2D eigenvalue weighted by Gasteiger charge is 2.53. The van der Waals surface area contributed by atoms with E-state index in [-0.39, 0.29) is 47.2 Å². The predicted octanol–water partition coefficient (Wildman–Crippen LogP) is 4.07. The third-order valence-electron chi connectivity index (χ3n) is 6.91. The van der Waals surface area contributed by atoms with E-state index >= 15 is 0 Å². The van der Waals surface area contributed by atoms with Crippen LogP contribution in [0.4, 0.5) is 13.2 Å². The highest BCUT2D eigenvalue weighted by atomic mass is 32.2. The number of methoxy groups -OCH3 is 1. The number of rotatable bonds is 12. The Bertz CT molecular complexity index is 1630. The van der Waals surface area contributed by atoms with Gasteiger partial charge in [-0.15, -0.1) is 17.5 Å². The van der Waals surface area contributed by atoms with Crippen molar-refractivity contribution in [2.75, 3.05) is 33.4 Å². The van der Waals surface area contributed by atoms with Gasteiger partial charge in [0.1, 0.15) is 17.2 Å². The number of likely N-dealkylation sites (tertiary alicyclic amines) is 1. The normalized spacial score (nSPS) is 15.8. The van der Waals surface area contributed by atoms with Crippen LogP contribution >= 0.6 is 0 Å². The fraction of sp³-hybridized carbons (Fsp3) is 0.321. The van der Waals surface area contributed by atoms with Gasteiger partial charge in [0.2, 0.25) is 0 Å². The van der Waals surface area contributed by atoms with Crippen molar-refractivity contribution in [2.45, 2.75) is 33.7 Å². The number of nitrogens with zero attached hydrogens (tertiary/aromatic N) is 1. The summed E-state index contributed by atoms with van der Waals surface area (Å²) in [5.41, 5.74) is 1.87. The number of alkyl halides is 3. The van der Waals surface area contributed by atoms with E-state index in [0.29, 0.717) is 13.2 Å². The monoisotopic (exact) mass is 658 g/mol. The molecule has 4 rings (SSSR count). The number of carbonyl (C=O) groups excluding carboxylic acids is 1. The molecule has 3 aromatic rings. The number of ether oxygens (including phenoxy) is 3. The van der Waals surface area contributed by atoms with E-state index in [0.717, 1.165) is 12.1 Å². The third kappa shape index (κ3) is 7.87. The second-order valence-corrected chi connectivity index (χ2v) is 13.5. The van der Waals surface area contributed by atoms with Crippen molar-refractivity contribution in [3.05, 3.63) is 78.9 Å². The summed E-state index contributed by atoms with van der Waals surface area (Å²) in [4.78, 5) is 15.0. The lowest BCUT2D eigenvalue weighted by molar-refractivity contribution is -0.274. The molecule has 3 aromatic carbocycles. The maximum Gasteiger partial charge on any atom is 0.573 e. The highest BCUT2D eigenvalue weighted by molar-refractivity contribution is 7.93. The van der Waals surface area contributed by atoms with Crippen molar-refractivity contribution >= 4 is 25.9 Å². The van der Waals surface area contributed by atoms with Crippen LogP contribution in [0.5, 0.6) is 17.2 Å². The molecule has 44 heavy (non-hydrogen) atoms. The van der Waals surface area contributed by atoms with Gasteiger partial charge in [-0.3, -0.25) is 4.79 Å². The highest BCUT2D eigenvalue weighted by Crippen LogP contribution is 2.37. The van der Waals surface area contributed by atoms with Crippen LogP contribution in [-0.2, 0) is 33.8 Å². The van der Waals surface area contributed by atoms with Crippen molar-refractivity contribution in [3.63, 3.8) is 0 Å². The maximum atomic E-state index is 14.0. The average Bonchev–Trinajstić information content (AvgIpc) is 3.00. The first kappa shape index (κ1) is 33.2. The molecule has 1 saturated heterocycles. The summed E-state index contributed by atoms with van der Waals surface area (Å²) in [5.74, 6) is -1.25. The second-order valence-electron chi connectivity index (χ2n) is 9.71.